The molecule has 7 nitrogen and oxygen atoms in total. The number of thiazole rings is 1. The van der Waals surface area contributed by atoms with Gasteiger partial charge in [0.1, 0.15) is 6.04 Å². The quantitative estimate of drug-likeness (QED) is 0.712. The Morgan fingerprint density at radius 3 is 2.61 bits per heavy atom. The third-order valence-corrected chi connectivity index (χ3v) is 6.57. The summed E-state index contributed by atoms with van der Waals surface area (Å²) < 4.78 is 3.28. The molecule has 0 bridgehead atoms. The SMILES string of the molecule is CCC[C@H](c1nnnn1C(C)(C)C)[NH+]1CCN(c2nc3ccccc3s2)CC1. The Bertz CT molecular complexity index is 885. The van der Waals surface area contributed by atoms with Crippen LogP contribution in [0.15, 0.2) is 24.3 Å². The van der Waals surface area contributed by atoms with Crippen LogP contribution in [-0.4, -0.2) is 51.4 Å². The van der Waals surface area contributed by atoms with Gasteiger partial charge in [0.25, 0.3) is 0 Å². The first kappa shape index (κ1) is 19.3. The Balaban J connectivity index is 1.50. The molecule has 8 heteroatoms. The number of nitrogens with zero attached hydrogens (tertiary/aromatic N) is 6. The number of piperazine rings is 1. The fourth-order valence-electron chi connectivity index (χ4n) is 4.02. The zero-order valence-corrected chi connectivity index (χ0v) is 18.0. The normalized spacial score (nSPS) is 17.4. The Hall–Kier alpha value is -2.06. The van der Waals surface area contributed by atoms with Crippen molar-refractivity contribution in [1.82, 2.24) is 25.2 Å². The van der Waals surface area contributed by atoms with Crippen LogP contribution >= 0.6 is 11.3 Å². The third-order valence-electron chi connectivity index (χ3n) is 5.47. The second-order valence-corrected chi connectivity index (χ2v) is 9.58. The summed E-state index contributed by atoms with van der Waals surface area (Å²) in [5.41, 5.74) is 0.998. The van der Waals surface area contributed by atoms with Gasteiger partial charge in [-0.15, -0.1) is 5.10 Å². The van der Waals surface area contributed by atoms with Crippen molar-refractivity contribution in [3.63, 3.8) is 0 Å². The maximum Gasteiger partial charge on any atom is 0.209 e. The van der Waals surface area contributed by atoms with E-state index >= 15 is 0 Å². The van der Waals surface area contributed by atoms with Crippen molar-refractivity contribution >= 4 is 26.7 Å². The van der Waals surface area contributed by atoms with Gasteiger partial charge in [0, 0.05) is 6.42 Å². The molecule has 0 unspecified atom stereocenters. The molecular weight excluding hydrogens is 370 g/mol. The van der Waals surface area contributed by atoms with Crippen LogP contribution < -0.4 is 9.80 Å². The summed E-state index contributed by atoms with van der Waals surface area (Å²) in [5, 5.41) is 13.9. The van der Waals surface area contributed by atoms with E-state index in [1.165, 1.54) is 4.70 Å². The van der Waals surface area contributed by atoms with Crippen LogP contribution in [0.3, 0.4) is 0 Å². The van der Waals surface area contributed by atoms with Crippen molar-refractivity contribution in [3.8, 4) is 0 Å². The molecular formula is C20H30N7S+. The molecule has 0 aliphatic carbocycles. The smallest absolute Gasteiger partial charge is 0.209 e. The molecule has 1 aromatic carbocycles. The molecule has 0 radical (unpaired) electrons. The minimum absolute atomic E-state index is 0.104. The number of fused-ring (bicyclic) bond motifs is 1. The van der Waals surface area contributed by atoms with Gasteiger partial charge >= 0.3 is 0 Å². The molecule has 1 N–H and O–H groups in total. The number of para-hydroxylation sites is 1. The zero-order valence-electron chi connectivity index (χ0n) is 17.2. The molecule has 28 heavy (non-hydrogen) atoms. The molecule has 3 heterocycles. The number of nitrogens with one attached hydrogen (secondary N) is 1. The topological polar surface area (TPSA) is 64.2 Å². The number of rotatable bonds is 5. The first-order valence-electron chi connectivity index (χ1n) is 10.2. The van der Waals surface area contributed by atoms with Crippen molar-refractivity contribution in [3.05, 3.63) is 30.1 Å². The van der Waals surface area contributed by atoms with Gasteiger partial charge in [-0.2, -0.15) is 0 Å². The van der Waals surface area contributed by atoms with Crippen LogP contribution in [0, 0.1) is 0 Å². The number of hydrogen-bond donors (Lipinski definition) is 1. The van der Waals surface area contributed by atoms with E-state index in [1.807, 2.05) is 4.68 Å². The standard InChI is InChI=1S/C20H29N7S/c1-5-8-16(18-22-23-24-27(18)20(2,3)4)25-11-13-26(14-12-25)19-21-15-9-6-7-10-17(15)28-19/h6-7,9-10,16H,5,8,11-14H2,1-4H3/p+1/t16-/m1/s1. The second-order valence-electron chi connectivity index (χ2n) is 8.57. The summed E-state index contributed by atoms with van der Waals surface area (Å²) in [6.45, 7) is 12.9. The van der Waals surface area contributed by atoms with Crippen LogP contribution in [0.4, 0.5) is 5.13 Å². The summed E-state index contributed by atoms with van der Waals surface area (Å²) in [5.74, 6) is 1.03. The molecule has 4 rings (SSSR count). The van der Waals surface area contributed by atoms with E-state index in [-0.39, 0.29) is 5.54 Å². The van der Waals surface area contributed by atoms with Gasteiger partial charge in [-0.25, -0.2) is 9.67 Å². The molecule has 1 saturated heterocycles. The number of anilines is 1. The lowest BCUT2D eigenvalue weighted by Gasteiger charge is -2.36. The lowest BCUT2D eigenvalue weighted by Crippen LogP contribution is -3.15. The molecule has 0 amide bonds. The lowest BCUT2D eigenvalue weighted by atomic mass is 10.1. The van der Waals surface area contributed by atoms with Crippen molar-refractivity contribution in [2.45, 2.75) is 52.1 Å². The average Bonchev–Trinajstić information content (AvgIpc) is 3.33. The molecule has 1 atom stereocenters. The highest BCUT2D eigenvalue weighted by Gasteiger charge is 2.34. The Kier molecular flexibility index (Phi) is 5.33. The number of tetrazole rings is 1. The van der Waals surface area contributed by atoms with Crippen LogP contribution in [0.2, 0.25) is 0 Å². The minimum atomic E-state index is -0.104. The maximum atomic E-state index is 4.84. The molecule has 2 aromatic heterocycles. The van der Waals surface area contributed by atoms with E-state index in [2.05, 4.69) is 72.4 Å². The summed E-state index contributed by atoms with van der Waals surface area (Å²) in [6, 6.07) is 8.74. The van der Waals surface area contributed by atoms with Crippen molar-refractivity contribution in [2.24, 2.45) is 0 Å². The minimum Gasteiger partial charge on any atom is -0.337 e. The van der Waals surface area contributed by atoms with Crippen LogP contribution in [0.25, 0.3) is 10.2 Å². The molecule has 1 fully saturated rings. The van der Waals surface area contributed by atoms with Gasteiger partial charge in [0.2, 0.25) is 5.82 Å². The highest BCUT2D eigenvalue weighted by molar-refractivity contribution is 7.22. The first-order valence-corrected chi connectivity index (χ1v) is 11.0. The molecule has 0 spiro atoms. The van der Waals surface area contributed by atoms with E-state index in [9.17, 15) is 0 Å². The van der Waals surface area contributed by atoms with Gasteiger partial charge in [-0.3, -0.25) is 0 Å². The van der Waals surface area contributed by atoms with Gasteiger partial charge < -0.3 is 9.80 Å². The Morgan fingerprint density at radius 1 is 1.18 bits per heavy atom. The van der Waals surface area contributed by atoms with E-state index in [4.69, 9.17) is 4.98 Å². The first-order chi connectivity index (χ1) is 13.5. The number of hydrogen-bond acceptors (Lipinski definition) is 6. The van der Waals surface area contributed by atoms with Gasteiger partial charge in [0.05, 0.1) is 41.9 Å². The summed E-state index contributed by atoms with van der Waals surface area (Å²) in [6.07, 6.45) is 2.24. The molecule has 0 saturated carbocycles. The number of quaternary nitrogens is 1. The molecule has 150 valence electrons. The van der Waals surface area contributed by atoms with E-state index in [0.29, 0.717) is 6.04 Å². The van der Waals surface area contributed by atoms with Gasteiger partial charge in [-0.05, 0) is 43.3 Å². The number of benzene rings is 1. The van der Waals surface area contributed by atoms with E-state index in [0.717, 1.165) is 55.5 Å². The van der Waals surface area contributed by atoms with Gasteiger partial charge in [0.15, 0.2) is 5.13 Å². The highest BCUT2D eigenvalue weighted by atomic mass is 32.1. The van der Waals surface area contributed by atoms with Crippen LogP contribution in [0.5, 0.6) is 0 Å². The van der Waals surface area contributed by atoms with Crippen molar-refractivity contribution < 1.29 is 4.90 Å². The van der Waals surface area contributed by atoms with Crippen LogP contribution in [-0.2, 0) is 5.54 Å². The zero-order chi connectivity index (χ0) is 19.7. The van der Waals surface area contributed by atoms with E-state index in [1.54, 1.807) is 16.2 Å². The average molecular weight is 401 g/mol. The Labute approximate surface area is 170 Å². The highest BCUT2D eigenvalue weighted by Crippen LogP contribution is 2.28. The van der Waals surface area contributed by atoms with Crippen molar-refractivity contribution in [2.75, 3.05) is 31.1 Å². The fraction of sp³-hybridized carbons (Fsp3) is 0.600. The molecule has 1 aliphatic rings. The summed E-state index contributed by atoms with van der Waals surface area (Å²) in [4.78, 5) is 8.85. The predicted octanol–water partition coefficient (Wildman–Crippen LogP) is 2.28. The monoisotopic (exact) mass is 400 g/mol. The third kappa shape index (κ3) is 3.75. The van der Waals surface area contributed by atoms with Crippen LogP contribution in [0.1, 0.15) is 52.4 Å². The second kappa shape index (κ2) is 7.75. The fourth-order valence-corrected chi connectivity index (χ4v) is 5.04. The Morgan fingerprint density at radius 2 is 1.93 bits per heavy atom. The summed E-state index contributed by atoms with van der Waals surface area (Å²) >= 11 is 1.80. The number of aromatic nitrogens is 5. The lowest BCUT2D eigenvalue weighted by molar-refractivity contribution is -0.933. The predicted molar refractivity (Wildman–Crippen MR) is 113 cm³/mol. The largest absolute Gasteiger partial charge is 0.337 e. The van der Waals surface area contributed by atoms with E-state index < -0.39 is 0 Å². The molecule has 1 aliphatic heterocycles. The maximum absolute atomic E-state index is 4.84. The van der Waals surface area contributed by atoms with Gasteiger partial charge in [-0.1, -0.05) is 36.8 Å². The molecule has 3 aromatic rings. The van der Waals surface area contributed by atoms with Crippen molar-refractivity contribution in [1.29, 1.82) is 0 Å². The summed E-state index contributed by atoms with van der Waals surface area (Å²) in [7, 11) is 0.